The Labute approximate surface area is 212 Å². The number of carbonyl (C=O) groups is 2. The van der Waals surface area contributed by atoms with Crippen molar-refractivity contribution in [3.05, 3.63) is 86.8 Å². The van der Waals surface area contributed by atoms with Crippen molar-refractivity contribution in [2.75, 3.05) is 40.0 Å². The maximum absolute atomic E-state index is 13.7. The third-order valence-electron chi connectivity index (χ3n) is 5.89. The molecule has 2 heterocycles. The van der Waals surface area contributed by atoms with Crippen LogP contribution in [0, 0.1) is 5.82 Å². The second kappa shape index (κ2) is 11.7. The van der Waals surface area contributed by atoms with Gasteiger partial charge in [0.2, 0.25) is 5.91 Å². The van der Waals surface area contributed by atoms with Crippen LogP contribution in [-0.4, -0.2) is 61.6 Å². The number of ether oxygens (including phenoxy) is 2. The third kappa shape index (κ3) is 6.20. The van der Waals surface area contributed by atoms with E-state index in [-0.39, 0.29) is 43.8 Å². The molecule has 0 radical (unpaired) electrons. The molecule has 184 valence electrons. The summed E-state index contributed by atoms with van der Waals surface area (Å²) >= 11 is 7.64. The zero-order valence-electron chi connectivity index (χ0n) is 19.3. The molecule has 4 rings (SSSR count). The zero-order valence-corrected chi connectivity index (χ0v) is 20.9. The Bertz CT molecular complexity index is 1170. The Morgan fingerprint density at radius 1 is 1.20 bits per heavy atom. The molecule has 0 spiro atoms. The van der Waals surface area contributed by atoms with Crippen LogP contribution < -0.4 is 4.74 Å². The summed E-state index contributed by atoms with van der Waals surface area (Å²) in [6.07, 6.45) is 0.742. The van der Waals surface area contributed by atoms with Gasteiger partial charge < -0.3 is 19.3 Å². The fourth-order valence-corrected chi connectivity index (χ4v) is 5.15. The topological polar surface area (TPSA) is 59.1 Å². The minimum Gasteiger partial charge on any atom is -0.491 e. The van der Waals surface area contributed by atoms with E-state index >= 15 is 0 Å². The highest BCUT2D eigenvalue weighted by molar-refractivity contribution is 7.10. The second-order valence-corrected chi connectivity index (χ2v) is 9.58. The van der Waals surface area contributed by atoms with Crippen molar-refractivity contribution in [2.24, 2.45) is 0 Å². The molecule has 0 bridgehead atoms. The molecule has 6 nitrogen and oxygen atoms in total. The first-order valence-corrected chi connectivity index (χ1v) is 12.5. The van der Waals surface area contributed by atoms with Gasteiger partial charge in [-0.2, -0.15) is 0 Å². The summed E-state index contributed by atoms with van der Waals surface area (Å²) in [5.74, 6) is -0.467. The summed E-state index contributed by atoms with van der Waals surface area (Å²) < 4.78 is 24.9. The maximum atomic E-state index is 13.7. The van der Waals surface area contributed by atoms with Gasteiger partial charge in [-0.3, -0.25) is 9.59 Å². The van der Waals surface area contributed by atoms with Crippen LogP contribution in [-0.2, 0) is 16.0 Å². The summed E-state index contributed by atoms with van der Waals surface area (Å²) in [6, 6.07) is 14.3. The molecule has 1 aliphatic heterocycles. The highest BCUT2D eigenvalue weighted by Crippen LogP contribution is 2.34. The number of halogens is 2. The van der Waals surface area contributed by atoms with E-state index in [1.165, 1.54) is 41.2 Å². The minimum absolute atomic E-state index is 0.143. The molecule has 0 saturated heterocycles. The first-order valence-electron chi connectivity index (χ1n) is 11.2. The predicted molar refractivity (Wildman–Crippen MR) is 134 cm³/mol. The molecule has 1 unspecified atom stereocenters. The van der Waals surface area contributed by atoms with E-state index in [9.17, 15) is 14.0 Å². The largest absolute Gasteiger partial charge is 0.491 e. The Kier molecular flexibility index (Phi) is 8.38. The van der Waals surface area contributed by atoms with Crippen molar-refractivity contribution in [3.63, 3.8) is 0 Å². The van der Waals surface area contributed by atoms with E-state index in [0.29, 0.717) is 17.3 Å². The molecule has 1 aliphatic rings. The highest BCUT2D eigenvalue weighted by Gasteiger charge is 2.33. The average molecular weight is 517 g/mol. The number of hydrogen-bond donors (Lipinski definition) is 0. The monoisotopic (exact) mass is 516 g/mol. The van der Waals surface area contributed by atoms with E-state index in [2.05, 4.69) is 0 Å². The van der Waals surface area contributed by atoms with Crippen LogP contribution in [0.2, 0.25) is 5.02 Å². The van der Waals surface area contributed by atoms with Gasteiger partial charge in [0.05, 0.1) is 12.6 Å². The third-order valence-corrected chi connectivity index (χ3v) is 7.14. The molecule has 0 N–H and O–H groups in total. The van der Waals surface area contributed by atoms with Crippen molar-refractivity contribution in [1.29, 1.82) is 0 Å². The molecular weight excluding hydrogens is 491 g/mol. The summed E-state index contributed by atoms with van der Waals surface area (Å²) in [7, 11) is 1.53. The molecule has 2 amide bonds. The van der Waals surface area contributed by atoms with Gasteiger partial charge >= 0.3 is 0 Å². The van der Waals surface area contributed by atoms with Crippen LogP contribution in [0.1, 0.15) is 26.8 Å². The van der Waals surface area contributed by atoms with E-state index in [0.717, 1.165) is 12.0 Å². The predicted octanol–water partition coefficient (Wildman–Crippen LogP) is 4.83. The summed E-state index contributed by atoms with van der Waals surface area (Å²) in [5.41, 5.74) is 1.25. The molecule has 1 atom stereocenters. The van der Waals surface area contributed by atoms with Crippen LogP contribution in [0.5, 0.6) is 5.75 Å². The van der Waals surface area contributed by atoms with E-state index < -0.39 is 11.7 Å². The van der Waals surface area contributed by atoms with Gasteiger partial charge in [0, 0.05) is 35.7 Å². The van der Waals surface area contributed by atoms with E-state index in [1.807, 2.05) is 11.4 Å². The fourth-order valence-electron chi connectivity index (χ4n) is 4.09. The molecule has 3 aromatic rings. The Morgan fingerprint density at radius 3 is 2.74 bits per heavy atom. The van der Waals surface area contributed by atoms with Gasteiger partial charge in [0.25, 0.3) is 5.91 Å². The molecule has 35 heavy (non-hydrogen) atoms. The summed E-state index contributed by atoms with van der Waals surface area (Å²) in [5, 5.41) is 2.64. The molecule has 0 aliphatic carbocycles. The second-order valence-electron chi connectivity index (χ2n) is 8.15. The number of methoxy groups -OCH3 is 1. The lowest BCUT2D eigenvalue weighted by atomic mass is 10.0. The number of thiophene rings is 1. The lowest BCUT2D eigenvalue weighted by Crippen LogP contribution is -2.48. The SMILES string of the molecule is COCCN(CC(=O)N1CCc2sccc2C1COc1ccc(Cl)cc1)C(=O)c1cccc(F)c1. The Hall–Kier alpha value is -2.94. The number of carbonyl (C=O) groups excluding carboxylic acids is 2. The van der Waals surface area contributed by atoms with Crippen molar-refractivity contribution in [1.82, 2.24) is 9.80 Å². The summed E-state index contributed by atoms with van der Waals surface area (Å²) in [6.45, 7) is 1.11. The van der Waals surface area contributed by atoms with Crippen LogP contribution in [0.25, 0.3) is 0 Å². The summed E-state index contributed by atoms with van der Waals surface area (Å²) in [4.78, 5) is 31.0. The van der Waals surface area contributed by atoms with Gasteiger partial charge in [0.1, 0.15) is 24.7 Å². The molecule has 1 aromatic heterocycles. The quantitative estimate of drug-likeness (QED) is 0.408. The van der Waals surface area contributed by atoms with Crippen molar-refractivity contribution < 1.29 is 23.5 Å². The maximum Gasteiger partial charge on any atom is 0.254 e. The molecule has 0 fully saturated rings. The number of benzene rings is 2. The first-order chi connectivity index (χ1) is 17.0. The van der Waals surface area contributed by atoms with Gasteiger partial charge in [0.15, 0.2) is 0 Å². The fraction of sp³-hybridized carbons (Fsp3) is 0.308. The minimum atomic E-state index is -0.505. The molecule has 0 saturated carbocycles. The standard InChI is InChI=1S/C26H26ClFN2O4S/c1-33-13-12-29(26(32)18-3-2-4-20(28)15-18)16-25(31)30-11-9-24-22(10-14-35-24)23(30)17-34-21-7-5-19(27)6-8-21/h2-8,10,14-15,23H,9,11-13,16-17H2,1H3. The number of nitrogens with zero attached hydrogens (tertiary/aromatic N) is 2. The van der Waals surface area contributed by atoms with Gasteiger partial charge in [-0.25, -0.2) is 4.39 Å². The Balaban J connectivity index is 1.52. The first kappa shape index (κ1) is 25.2. The van der Waals surface area contributed by atoms with Gasteiger partial charge in [-0.05, 0) is 65.9 Å². The number of amides is 2. The number of rotatable bonds is 9. The van der Waals surface area contributed by atoms with Crippen molar-refractivity contribution >= 4 is 34.8 Å². The number of hydrogen-bond acceptors (Lipinski definition) is 5. The van der Waals surface area contributed by atoms with Crippen molar-refractivity contribution in [2.45, 2.75) is 12.5 Å². The average Bonchev–Trinajstić information content (AvgIpc) is 3.34. The van der Waals surface area contributed by atoms with E-state index in [1.54, 1.807) is 40.5 Å². The number of fused-ring (bicyclic) bond motifs is 1. The van der Waals surface area contributed by atoms with Crippen LogP contribution in [0.4, 0.5) is 4.39 Å². The highest BCUT2D eigenvalue weighted by atomic mass is 35.5. The zero-order chi connectivity index (χ0) is 24.8. The smallest absolute Gasteiger partial charge is 0.254 e. The van der Waals surface area contributed by atoms with Crippen LogP contribution >= 0.6 is 22.9 Å². The van der Waals surface area contributed by atoms with Crippen LogP contribution in [0.3, 0.4) is 0 Å². The van der Waals surface area contributed by atoms with Crippen molar-refractivity contribution in [3.8, 4) is 5.75 Å². The molecular formula is C26H26ClFN2O4S. The lowest BCUT2D eigenvalue weighted by Gasteiger charge is -2.37. The lowest BCUT2D eigenvalue weighted by molar-refractivity contribution is -0.135. The van der Waals surface area contributed by atoms with Gasteiger partial charge in [-0.1, -0.05) is 17.7 Å². The normalized spacial score (nSPS) is 14.9. The van der Waals surface area contributed by atoms with E-state index in [4.69, 9.17) is 21.1 Å². The van der Waals surface area contributed by atoms with Gasteiger partial charge in [-0.15, -0.1) is 11.3 Å². The molecule has 2 aromatic carbocycles. The molecule has 9 heteroatoms. The van der Waals surface area contributed by atoms with Crippen LogP contribution in [0.15, 0.2) is 60.0 Å². The Morgan fingerprint density at radius 2 is 2.00 bits per heavy atom.